The molecule has 1 heterocycles. The molecule has 8 nitrogen and oxygen atoms in total. The fraction of sp³-hybridized carbons (Fsp3) is 0.294. The number of aromatic nitrogens is 2. The Hall–Kier alpha value is -3.16. The number of nitrogens with zero attached hydrogens (tertiary/aromatic N) is 1. The fourth-order valence-corrected chi connectivity index (χ4v) is 2.22. The summed E-state index contributed by atoms with van der Waals surface area (Å²) in [5.41, 5.74) is 0.491. The molecule has 0 aliphatic rings. The molecule has 1 aromatic heterocycles. The molecule has 2 amide bonds. The monoisotopic (exact) mass is 344 g/mol. The van der Waals surface area contributed by atoms with Crippen LogP contribution >= 0.6 is 0 Å². The first-order valence-electron chi connectivity index (χ1n) is 7.84. The predicted molar refractivity (Wildman–Crippen MR) is 91.4 cm³/mol. The summed E-state index contributed by atoms with van der Waals surface area (Å²) in [5.74, 6) is -0.138. The first kappa shape index (κ1) is 18.2. The quantitative estimate of drug-likeness (QED) is 0.687. The van der Waals surface area contributed by atoms with Crippen molar-refractivity contribution < 1.29 is 14.3 Å². The van der Waals surface area contributed by atoms with Crippen molar-refractivity contribution in [1.29, 1.82) is 0 Å². The second-order valence-corrected chi connectivity index (χ2v) is 5.24. The van der Waals surface area contributed by atoms with Crippen LogP contribution in [0.15, 0.2) is 41.2 Å². The summed E-state index contributed by atoms with van der Waals surface area (Å²) >= 11 is 0. The minimum atomic E-state index is -0.413. The molecule has 8 heteroatoms. The molecule has 1 atom stereocenters. The summed E-state index contributed by atoms with van der Waals surface area (Å²) in [6, 6.07) is 9.45. The van der Waals surface area contributed by atoms with Gasteiger partial charge in [0.05, 0.1) is 6.04 Å². The molecule has 0 saturated heterocycles. The van der Waals surface area contributed by atoms with Gasteiger partial charge in [0, 0.05) is 18.7 Å². The average Bonchev–Trinajstić information content (AvgIpc) is 2.64. The Labute approximate surface area is 144 Å². The Kier molecular flexibility index (Phi) is 6.27. The SMILES string of the molecule is CCC(NC(=O)c1ccc(=O)[nH]n1)c1ccccc1OCC(=O)NC. The third-order valence-electron chi connectivity index (χ3n) is 3.56. The number of rotatable bonds is 7. The minimum absolute atomic E-state index is 0.112. The highest BCUT2D eigenvalue weighted by atomic mass is 16.5. The normalized spacial score (nSPS) is 11.4. The number of para-hydroxylation sites is 1. The summed E-state index contributed by atoms with van der Waals surface area (Å²) in [7, 11) is 1.53. The van der Waals surface area contributed by atoms with Gasteiger partial charge in [0.2, 0.25) is 0 Å². The van der Waals surface area contributed by atoms with Crippen molar-refractivity contribution in [1.82, 2.24) is 20.8 Å². The molecular formula is C17H20N4O4. The molecule has 0 aliphatic heterocycles. The Balaban J connectivity index is 2.16. The van der Waals surface area contributed by atoms with Crippen LogP contribution in [0.5, 0.6) is 5.75 Å². The third-order valence-corrected chi connectivity index (χ3v) is 3.56. The van der Waals surface area contributed by atoms with E-state index in [2.05, 4.69) is 20.8 Å². The molecule has 3 N–H and O–H groups in total. The summed E-state index contributed by atoms with van der Waals surface area (Å²) in [5, 5.41) is 11.3. The lowest BCUT2D eigenvalue weighted by molar-refractivity contribution is -0.122. The van der Waals surface area contributed by atoms with Crippen molar-refractivity contribution in [3.8, 4) is 5.75 Å². The van der Waals surface area contributed by atoms with Crippen LogP contribution in [-0.4, -0.2) is 35.7 Å². The Bertz CT molecular complexity index is 783. The standard InChI is InChI=1S/C17H20N4O4/c1-3-12(19-17(24)13-8-9-15(22)21-20-13)11-6-4-5-7-14(11)25-10-16(23)18-2/h4-9,12H,3,10H2,1-2H3,(H,18,23)(H,19,24)(H,21,22). The second-order valence-electron chi connectivity index (χ2n) is 5.24. The van der Waals surface area contributed by atoms with Gasteiger partial charge in [-0.1, -0.05) is 25.1 Å². The van der Waals surface area contributed by atoms with E-state index in [-0.39, 0.29) is 29.8 Å². The van der Waals surface area contributed by atoms with E-state index in [0.29, 0.717) is 12.2 Å². The molecule has 1 unspecified atom stereocenters. The molecule has 0 bridgehead atoms. The number of amides is 2. The number of ether oxygens (including phenoxy) is 1. The minimum Gasteiger partial charge on any atom is -0.483 e. The van der Waals surface area contributed by atoms with Gasteiger partial charge in [0.25, 0.3) is 17.4 Å². The number of nitrogens with one attached hydrogen (secondary N) is 3. The number of likely N-dealkylation sites (N-methyl/N-ethyl adjacent to an activating group) is 1. The van der Waals surface area contributed by atoms with E-state index in [1.165, 1.54) is 19.2 Å². The van der Waals surface area contributed by atoms with E-state index in [9.17, 15) is 14.4 Å². The zero-order chi connectivity index (χ0) is 18.2. The predicted octanol–water partition coefficient (Wildman–Crippen LogP) is 0.776. The molecular weight excluding hydrogens is 324 g/mol. The number of H-pyrrole nitrogens is 1. The molecule has 132 valence electrons. The van der Waals surface area contributed by atoms with Crippen LogP contribution < -0.4 is 20.9 Å². The van der Waals surface area contributed by atoms with Crippen molar-refractivity contribution >= 4 is 11.8 Å². The van der Waals surface area contributed by atoms with Crippen molar-refractivity contribution in [2.45, 2.75) is 19.4 Å². The Morgan fingerprint density at radius 3 is 2.64 bits per heavy atom. The average molecular weight is 344 g/mol. The molecule has 0 fully saturated rings. The van der Waals surface area contributed by atoms with Gasteiger partial charge in [-0.3, -0.25) is 14.4 Å². The van der Waals surface area contributed by atoms with Crippen molar-refractivity contribution in [2.24, 2.45) is 0 Å². The number of hydrogen-bond acceptors (Lipinski definition) is 5. The molecule has 0 aliphatic carbocycles. The summed E-state index contributed by atoms with van der Waals surface area (Å²) in [6.07, 6.45) is 0.607. The molecule has 2 aromatic rings. The molecule has 0 radical (unpaired) electrons. The first-order chi connectivity index (χ1) is 12.0. The van der Waals surface area contributed by atoms with Gasteiger partial charge in [-0.15, -0.1) is 0 Å². The zero-order valence-electron chi connectivity index (χ0n) is 14.0. The van der Waals surface area contributed by atoms with Crippen LogP contribution in [0, 0.1) is 0 Å². The zero-order valence-corrected chi connectivity index (χ0v) is 14.0. The van der Waals surface area contributed by atoms with Gasteiger partial charge in [-0.05, 0) is 18.6 Å². The van der Waals surface area contributed by atoms with Crippen LogP contribution in [-0.2, 0) is 4.79 Å². The molecule has 0 saturated carbocycles. The van der Waals surface area contributed by atoms with E-state index < -0.39 is 5.91 Å². The van der Waals surface area contributed by atoms with Gasteiger partial charge >= 0.3 is 0 Å². The van der Waals surface area contributed by atoms with E-state index in [0.717, 1.165) is 5.56 Å². The smallest absolute Gasteiger partial charge is 0.272 e. The first-order valence-corrected chi connectivity index (χ1v) is 7.84. The van der Waals surface area contributed by atoms with E-state index in [1.807, 2.05) is 19.1 Å². The summed E-state index contributed by atoms with van der Waals surface area (Å²) in [6.45, 7) is 1.81. The van der Waals surface area contributed by atoms with Gasteiger partial charge < -0.3 is 15.4 Å². The van der Waals surface area contributed by atoms with Crippen LogP contribution in [0.3, 0.4) is 0 Å². The number of hydrogen-bond donors (Lipinski definition) is 3. The van der Waals surface area contributed by atoms with Crippen LogP contribution in [0.1, 0.15) is 35.4 Å². The van der Waals surface area contributed by atoms with Gasteiger partial charge in [0.1, 0.15) is 11.4 Å². The maximum atomic E-state index is 12.3. The Morgan fingerprint density at radius 2 is 2.00 bits per heavy atom. The topological polar surface area (TPSA) is 113 Å². The van der Waals surface area contributed by atoms with E-state index >= 15 is 0 Å². The van der Waals surface area contributed by atoms with Crippen LogP contribution in [0.2, 0.25) is 0 Å². The number of carbonyl (C=O) groups is 2. The molecule has 25 heavy (non-hydrogen) atoms. The molecule has 0 spiro atoms. The lowest BCUT2D eigenvalue weighted by atomic mass is 10.0. The van der Waals surface area contributed by atoms with Crippen molar-refractivity contribution in [3.05, 3.63) is 58.0 Å². The maximum absolute atomic E-state index is 12.3. The fourth-order valence-electron chi connectivity index (χ4n) is 2.22. The maximum Gasteiger partial charge on any atom is 0.272 e. The second kappa shape index (κ2) is 8.62. The van der Waals surface area contributed by atoms with Gasteiger partial charge in [-0.25, -0.2) is 5.10 Å². The lowest BCUT2D eigenvalue weighted by Crippen LogP contribution is -2.30. The van der Waals surface area contributed by atoms with Crippen LogP contribution in [0.25, 0.3) is 0 Å². The summed E-state index contributed by atoms with van der Waals surface area (Å²) < 4.78 is 5.55. The number of aromatic amines is 1. The number of benzene rings is 1. The van der Waals surface area contributed by atoms with Gasteiger partial charge in [-0.2, -0.15) is 5.10 Å². The van der Waals surface area contributed by atoms with Gasteiger partial charge in [0.15, 0.2) is 6.61 Å². The van der Waals surface area contributed by atoms with E-state index in [1.54, 1.807) is 12.1 Å². The Morgan fingerprint density at radius 1 is 1.24 bits per heavy atom. The molecule has 2 rings (SSSR count). The number of carbonyl (C=O) groups excluding carboxylic acids is 2. The summed E-state index contributed by atoms with van der Waals surface area (Å²) in [4.78, 5) is 34.7. The molecule has 1 aromatic carbocycles. The third kappa shape index (κ3) is 4.90. The van der Waals surface area contributed by atoms with Crippen LogP contribution in [0.4, 0.5) is 0 Å². The highest BCUT2D eigenvalue weighted by molar-refractivity contribution is 5.92. The van der Waals surface area contributed by atoms with Crippen molar-refractivity contribution in [2.75, 3.05) is 13.7 Å². The highest BCUT2D eigenvalue weighted by Crippen LogP contribution is 2.27. The lowest BCUT2D eigenvalue weighted by Gasteiger charge is -2.20. The largest absolute Gasteiger partial charge is 0.483 e. The van der Waals surface area contributed by atoms with E-state index in [4.69, 9.17) is 4.74 Å². The highest BCUT2D eigenvalue weighted by Gasteiger charge is 2.19. The van der Waals surface area contributed by atoms with Crippen molar-refractivity contribution in [3.63, 3.8) is 0 Å².